The topological polar surface area (TPSA) is 62.2 Å². The SMILES string of the molecule is CC(C)c1nc(CC(=O)NCCc2ccc(CO)cc2)cs1. The Labute approximate surface area is 135 Å². The fourth-order valence-electron chi connectivity index (χ4n) is 2.05. The zero-order valence-corrected chi connectivity index (χ0v) is 13.8. The van der Waals surface area contributed by atoms with Crippen molar-refractivity contribution in [2.45, 2.75) is 39.2 Å². The number of aliphatic hydroxyl groups is 1. The number of hydrogen-bond acceptors (Lipinski definition) is 4. The molecule has 0 aliphatic heterocycles. The van der Waals surface area contributed by atoms with E-state index in [-0.39, 0.29) is 12.5 Å². The molecule has 1 aromatic heterocycles. The Bertz CT molecular complexity index is 605. The number of carbonyl (C=O) groups is 1. The number of carbonyl (C=O) groups excluding carboxylic acids is 1. The van der Waals surface area contributed by atoms with Crippen LogP contribution < -0.4 is 5.32 Å². The van der Waals surface area contributed by atoms with Crippen LogP contribution >= 0.6 is 11.3 Å². The number of aromatic nitrogens is 1. The van der Waals surface area contributed by atoms with Crippen molar-refractivity contribution in [1.29, 1.82) is 0 Å². The number of rotatable bonds is 7. The summed E-state index contributed by atoms with van der Waals surface area (Å²) in [6, 6.07) is 7.76. The molecule has 0 saturated carbocycles. The molecule has 0 spiro atoms. The van der Waals surface area contributed by atoms with Gasteiger partial charge in [-0.15, -0.1) is 11.3 Å². The smallest absolute Gasteiger partial charge is 0.226 e. The van der Waals surface area contributed by atoms with E-state index in [1.165, 1.54) is 0 Å². The van der Waals surface area contributed by atoms with Crippen molar-refractivity contribution in [1.82, 2.24) is 10.3 Å². The lowest BCUT2D eigenvalue weighted by Gasteiger charge is -2.05. The summed E-state index contributed by atoms with van der Waals surface area (Å²) < 4.78 is 0. The molecule has 0 radical (unpaired) electrons. The second-order valence-electron chi connectivity index (χ2n) is 5.58. The monoisotopic (exact) mass is 318 g/mol. The molecule has 1 heterocycles. The molecule has 4 nitrogen and oxygen atoms in total. The van der Waals surface area contributed by atoms with E-state index in [9.17, 15) is 4.79 Å². The first kappa shape index (κ1) is 16.6. The predicted octanol–water partition coefficient (Wildman–Crippen LogP) is 2.66. The maximum absolute atomic E-state index is 11.9. The van der Waals surface area contributed by atoms with Gasteiger partial charge in [0.2, 0.25) is 5.91 Å². The number of hydrogen-bond donors (Lipinski definition) is 2. The molecule has 1 aromatic carbocycles. The lowest BCUT2D eigenvalue weighted by molar-refractivity contribution is -0.120. The Morgan fingerprint density at radius 2 is 1.95 bits per heavy atom. The maximum atomic E-state index is 11.9. The third-order valence-corrected chi connectivity index (χ3v) is 4.54. The van der Waals surface area contributed by atoms with Crippen LogP contribution in [-0.2, 0) is 24.2 Å². The molecular formula is C17H22N2O2S. The van der Waals surface area contributed by atoms with Gasteiger partial charge in [-0.05, 0) is 17.5 Å². The number of benzene rings is 1. The van der Waals surface area contributed by atoms with Crippen molar-refractivity contribution in [3.8, 4) is 0 Å². The van der Waals surface area contributed by atoms with Crippen LogP contribution in [0.4, 0.5) is 0 Å². The number of nitrogens with zero attached hydrogens (tertiary/aromatic N) is 1. The van der Waals surface area contributed by atoms with Crippen LogP contribution in [-0.4, -0.2) is 22.5 Å². The highest BCUT2D eigenvalue weighted by Gasteiger charge is 2.09. The van der Waals surface area contributed by atoms with Crippen molar-refractivity contribution in [2.75, 3.05) is 6.54 Å². The zero-order valence-electron chi connectivity index (χ0n) is 13.0. The van der Waals surface area contributed by atoms with E-state index in [0.29, 0.717) is 18.9 Å². The maximum Gasteiger partial charge on any atom is 0.226 e. The van der Waals surface area contributed by atoms with Crippen LogP contribution in [0.2, 0.25) is 0 Å². The fourth-order valence-corrected chi connectivity index (χ4v) is 2.89. The minimum atomic E-state index is 0.00702. The van der Waals surface area contributed by atoms with Gasteiger partial charge < -0.3 is 10.4 Å². The average molecular weight is 318 g/mol. The van der Waals surface area contributed by atoms with Crippen LogP contribution in [0.3, 0.4) is 0 Å². The fraction of sp³-hybridized carbons (Fsp3) is 0.412. The van der Waals surface area contributed by atoms with Gasteiger partial charge in [-0.25, -0.2) is 4.98 Å². The number of aliphatic hydroxyl groups excluding tert-OH is 1. The lowest BCUT2D eigenvalue weighted by atomic mass is 10.1. The largest absolute Gasteiger partial charge is 0.392 e. The van der Waals surface area contributed by atoms with E-state index in [0.717, 1.165) is 28.2 Å². The molecule has 0 bridgehead atoms. The summed E-state index contributed by atoms with van der Waals surface area (Å²) >= 11 is 1.61. The van der Waals surface area contributed by atoms with Crippen molar-refractivity contribution >= 4 is 17.2 Å². The standard InChI is InChI=1S/C17H22N2O2S/c1-12(2)17-19-15(11-22-17)9-16(21)18-8-7-13-3-5-14(10-20)6-4-13/h3-6,11-12,20H,7-10H2,1-2H3,(H,18,21). The third kappa shape index (κ3) is 4.93. The summed E-state index contributed by atoms with van der Waals surface area (Å²) in [5.41, 5.74) is 2.89. The van der Waals surface area contributed by atoms with Gasteiger partial charge in [0, 0.05) is 17.8 Å². The Morgan fingerprint density at radius 3 is 2.55 bits per heavy atom. The quantitative estimate of drug-likeness (QED) is 0.825. The zero-order chi connectivity index (χ0) is 15.9. The van der Waals surface area contributed by atoms with Crippen molar-refractivity contribution < 1.29 is 9.90 Å². The molecule has 0 unspecified atom stereocenters. The van der Waals surface area contributed by atoms with E-state index >= 15 is 0 Å². The van der Waals surface area contributed by atoms with Crippen LogP contribution in [0, 0.1) is 0 Å². The minimum absolute atomic E-state index is 0.00702. The molecule has 1 amide bonds. The normalized spacial score (nSPS) is 10.9. The first-order chi connectivity index (χ1) is 10.6. The molecule has 2 N–H and O–H groups in total. The summed E-state index contributed by atoms with van der Waals surface area (Å²) in [5.74, 6) is 0.413. The van der Waals surface area contributed by atoms with Gasteiger partial charge in [0.05, 0.1) is 23.7 Å². The highest BCUT2D eigenvalue weighted by molar-refractivity contribution is 7.09. The van der Waals surface area contributed by atoms with E-state index < -0.39 is 0 Å². The molecule has 0 fully saturated rings. The van der Waals surface area contributed by atoms with Crippen LogP contribution in [0.15, 0.2) is 29.6 Å². The Morgan fingerprint density at radius 1 is 1.27 bits per heavy atom. The molecule has 118 valence electrons. The average Bonchev–Trinajstić information content (AvgIpc) is 2.96. The van der Waals surface area contributed by atoms with E-state index in [1.54, 1.807) is 11.3 Å². The Kier molecular flexibility index (Phi) is 6.10. The third-order valence-electron chi connectivity index (χ3n) is 3.35. The summed E-state index contributed by atoms with van der Waals surface area (Å²) in [7, 11) is 0. The van der Waals surface area contributed by atoms with E-state index in [1.807, 2.05) is 29.6 Å². The van der Waals surface area contributed by atoms with Gasteiger partial charge in [0.15, 0.2) is 0 Å². The van der Waals surface area contributed by atoms with E-state index in [2.05, 4.69) is 24.1 Å². The molecule has 5 heteroatoms. The molecule has 2 aromatic rings. The van der Waals surface area contributed by atoms with Crippen LogP contribution in [0.1, 0.15) is 41.6 Å². The van der Waals surface area contributed by atoms with Crippen molar-refractivity contribution in [3.05, 3.63) is 51.5 Å². The molecule has 2 rings (SSSR count). The first-order valence-corrected chi connectivity index (χ1v) is 8.36. The summed E-state index contributed by atoms with van der Waals surface area (Å²) in [6.45, 7) is 4.87. The molecule has 0 aliphatic rings. The number of thiazole rings is 1. The highest BCUT2D eigenvalue weighted by Crippen LogP contribution is 2.19. The van der Waals surface area contributed by atoms with Gasteiger partial charge >= 0.3 is 0 Å². The lowest BCUT2D eigenvalue weighted by Crippen LogP contribution is -2.27. The van der Waals surface area contributed by atoms with Crippen molar-refractivity contribution in [3.63, 3.8) is 0 Å². The minimum Gasteiger partial charge on any atom is -0.392 e. The summed E-state index contributed by atoms with van der Waals surface area (Å²) in [6.07, 6.45) is 1.12. The highest BCUT2D eigenvalue weighted by atomic mass is 32.1. The van der Waals surface area contributed by atoms with Gasteiger partial charge in [0.25, 0.3) is 0 Å². The first-order valence-electron chi connectivity index (χ1n) is 7.48. The number of amides is 1. The Balaban J connectivity index is 1.74. The predicted molar refractivity (Wildman–Crippen MR) is 89.0 cm³/mol. The van der Waals surface area contributed by atoms with Gasteiger partial charge in [-0.2, -0.15) is 0 Å². The summed E-state index contributed by atoms with van der Waals surface area (Å²) in [5, 5.41) is 15.0. The van der Waals surface area contributed by atoms with Gasteiger partial charge in [0.1, 0.15) is 0 Å². The van der Waals surface area contributed by atoms with Crippen molar-refractivity contribution in [2.24, 2.45) is 0 Å². The second-order valence-corrected chi connectivity index (χ2v) is 6.47. The Hall–Kier alpha value is -1.72. The molecule has 0 aliphatic carbocycles. The molecular weight excluding hydrogens is 296 g/mol. The van der Waals surface area contributed by atoms with E-state index in [4.69, 9.17) is 5.11 Å². The summed E-state index contributed by atoms with van der Waals surface area (Å²) in [4.78, 5) is 16.4. The van der Waals surface area contributed by atoms with Crippen LogP contribution in [0.25, 0.3) is 0 Å². The molecule has 0 saturated heterocycles. The molecule has 22 heavy (non-hydrogen) atoms. The number of nitrogens with one attached hydrogen (secondary N) is 1. The molecule has 0 atom stereocenters. The van der Waals surface area contributed by atoms with Gasteiger partial charge in [-0.3, -0.25) is 4.79 Å². The second kappa shape index (κ2) is 8.06. The van der Waals surface area contributed by atoms with Gasteiger partial charge in [-0.1, -0.05) is 38.1 Å². The van der Waals surface area contributed by atoms with Crippen LogP contribution in [0.5, 0.6) is 0 Å².